The Balaban J connectivity index is 2.32. The van der Waals surface area contributed by atoms with E-state index in [9.17, 15) is 4.79 Å². The summed E-state index contributed by atoms with van der Waals surface area (Å²) in [6, 6.07) is 16.7. The molecule has 0 N–H and O–H groups in total. The fourth-order valence-electron chi connectivity index (χ4n) is 1.99. The highest BCUT2D eigenvalue weighted by Gasteiger charge is 2.29. The summed E-state index contributed by atoms with van der Waals surface area (Å²) in [6.45, 7) is 3.87. The van der Waals surface area contributed by atoms with Crippen LogP contribution in [0.2, 0.25) is 5.02 Å². The van der Waals surface area contributed by atoms with Gasteiger partial charge in [-0.05, 0) is 31.5 Å². The number of benzene rings is 2. The van der Waals surface area contributed by atoms with E-state index in [0.717, 1.165) is 5.56 Å². The molecule has 0 aliphatic heterocycles. The zero-order valence-corrected chi connectivity index (χ0v) is 12.9. The molecule has 0 aliphatic rings. The molecular formula is C19H17ClO. The Kier molecular flexibility index (Phi) is 4.83. The van der Waals surface area contributed by atoms with Crippen LogP contribution in [0, 0.1) is 17.3 Å². The minimum atomic E-state index is -0.691. The van der Waals surface area contributed by atoms with Crippen LogP contribution in [0.15, 0.2) is 54.6 Å². The van der Waals surface area contributed by atoms with E-state index in [-0.39, 0.29) is 5.78 Å². The lowest BCUT2D eigenvalue weighted by atomic mass is 9.80. The van der Waals surface area contributed by atoms with Gasteiger partial charge in [-0.2, -0.15) is 0 Å². The van der Waals surface area contributed by atoms with Crippen LogP contribution in [-0.2, 0) is 0 Å². The first-order valence-corrected chi connectivity index (χ1v) is 7.31. The SMILES string of the molecule is CCC(C)(C#Cc1cccc(Cl)c1)C(=O)c1ccccc1. The molecule has 1 unspecified atom stereocenters. The number of halogens is 1. The van der Waals surface area contributed by atoms with Crippen LogP contribution in [0.5, 0.6) is 0 Å². The van der Waals surface area contributed by atoms with Gasteiger partial charge in [0.05, 0.1) is 5.41 Å². The van der Waals surface area contributed by atoms with Crippen molar-refractivity contribution in [1.29, 1.82) is 0 Å². The van der Waals surface area contributed by atoms with Gasteiger partial charge >= 0.3 is 0 Å². The predicted octanol–water partition coefficient (Wildman–Crippen LogP) is 4.99. The molecule has 0 heterocycles. The third-order valence-electron chi connectivity index (χ3n) is 3.55. The Morgan fingerprint density at radius 3 is 2.48 bits per heavy atom. The van der Waals surface area contributed by atoms with Gasteiger partial charge in [-0.15, -0.1) is 0 Å². The summed E-state index contributed by atoms with van der Waals surface area (Å²) < 4.78 is 0. The molecule has 1 atom stereocenters. The van der Waals surface area contributed by atoms with Gasteiger partial charge in [-0.3, -0.25) is 4.79 Å². The van der Waals surface area contributed by atoms with Crippen LogP contribution >= 0.6 is 11.6 Å². The summed E-state index contributed by atoms with van der Waals surface area (Å²) in [5.41, 5.74) is 0.828. The zero-order valence-electron chi connectivity index (χ0n) is 12.2. The van der Waals surface area contributed by atoms with E-state index in [0.29, 0.717) is 17.0 Å². The van der Waals surface area contributed by atoms with Gasteiger partial charge in [0.15, 0.2) is 5.78 Å². The number of carbonyl (C=O) groups excluding carboxylic acids is 1. The molecule has 0 saturated carbocycles. The second-order valence-electron chi connectivity index (χ2n) is 5.14. The van der Waals surface area contributed by atoms with E-state index in [2.05, 4.69) is 11.8 Å². The molecule has 21 heavy (non-hydrogen) atoms. The van der Waals surface area contributed by atoms with E-state index < -0.39 is 5.41 Å². The maximum absolute atomic E-state index is 12.7. The molecule has 0 aromatic heterocycles. The standard InChI is InChI=1S/C19H17ClO/c1-3-19(2,18(21)16-9-5-4-6-10-16)13-12-15-8-7-11-17(20)14-15/h4-11,14H,3H2,1-2H3. The van der Waals surface area contributed by atoms with Crippen LogP contribution in [0.1, 0.15) is 36.2 Å². The summed E-state index contributed by atoms with van der Waals surface area (Å²) in [5.74, 6) is 6.26. The molecular weight excluding hydrogens is 280 g/mol. The lowest BCUT2D eigenvalue weighted by Gasteiger charge is -2.20. The highest BCUT2D eigenvalue weighted by molar-refractivity contribution is 6.30. The number of Topliss-reactive ketones (excluding diaryl/α,β-unsaturated/α-hetero) is 1. The Bertz CT molecular complexity index is 694. The van der Waals surface area contributed by atoms with E-state index in [4.69, 9.17) is 11.6 Å². The summed E-state index contributed by atoms with van der Waals surface area (Å²) in [5, 5.41) is 0.648. The number of hydrogen-bond acceptors (Lipinski definition) is 1. The highest BCUT2D eigenvalue weighted by Crippen LogP contribution is 2.26. The first-order valence-electron chi connectivity index (χ1n) is 6.94. The van der Waals surface area contributed by atoms with Crippen LogP contribution in [0.25, 0.3) is 0 Å². The first kappa shape index (κ1) is 15.4. The number of ketones is 1. The largest absolute Gasteiger partial charge is 0.292 e. The quantitative estimate of drug-likeness (QED) is 0.576. The molecule has 2 aromatic rings. The van der Waals surface area contributed by atoms with Gasteiger partial charge in [0.1, 0.15) is 0 Å². The van der Waals surface area contributed by atoms with Gasteiger partial charge in [-0.1, -0.05) is 66.8 Å². The topological polar surface area (TPSA) is 17.1 Å². The Morgan fingerprint density at radius 1 is 1.14 bits per heavy atom. The first-order chi connectivity index (χ1) is 10.0. The molecule has 0 fully saturated rings. The smallest absolute Gasteiger partial charge is 0.180 e. The minimum absolute atomic E-state index is 0.0557. The summed E-state index contributed by atoms with van der Waals surface area (Å²) in [6.07, 6.45) is 0.661. The van der Waals surface area contributed by atoms with E-state index in [1.54, 1.807) is 12.1 Å². The van der Waals surface area contributed by atoms with E-state index in [1.165, 1.54) is 0 Å². The maximum Gasteiger partial charge on any atom is 0.180 e. The lowest BCUT2D eigenvalue weighted by molar-refractivity contribution is 0.0874. The van der Waals surface area contributed by atoms with Gasteiger partial charge in [0, 0.05) is 16.1 Å². The third kappa shape index (κ3) is 3.74. The van der Waals surface area contributed by atoms with Gasteiger partial charge < -0.3 is 0 Å². The molecule has 0 spiro atoms. The molecule has 1 nitrogen and oxygen atoms in total. The van der Waals surface area contributed by atoms with Crippen LogP contribution in [-0.4, -0.2) is 5.78 Å². The van der Waals surface area contributed by atoms with Gasteiger partial charge in [0.25, 0.3) is 0 Å². The molecule has 2 rings (SSSR count). The zero-order chi connectivity index (χ0) is 15.3. The number of hydrogen-bond donors (Lipinski definition) is 0. The number of rotatable bonds is 3. The molecule has 0 bridgehead atoms. The van der Waals surface area contributed by atoms with E-state index in [1.807, 2.05) is 56.3 Å². The molecule has 2 heteroatoms. The fraction of sp³-hybridized carbons (Fsp3) is 0.211. The lowest BCUT2D eigenvalue weighted by Crippen LogP contribution is -2.25. The Labute approximate surface area is 131 Å². The normalized spacial score (nSPS) is 12.9. The van der Waals surface area contributed by atoms with Crippen LogP contribution < -0.4 is 0 Å². The maximum atomic E-state index is 12.7. The van der Waals surface area contributed by atoms with Gasteiger partial charge in [-0.25, -0.2) is 0 Å². The van der Waals surface area contributed by atoms with Crippen LogP contribution in [0.3, 0.4) is 0 Å². The Hall–Kier alpha value is -2.04. The van der Waals surface area contributed by atoms with Crippen molar-refractivity contribution in [1.82, 2.24) is 0 Å². The third-order valence-corrected chi connectivity index (χ3v) is 3.79. The van der Waals surface area contributed by atoms with Crippen molar-refractivity contribution < 1.29 is 4.79 Å². The summed E-state index contributed by atoms with van der Waals surface area (Å²) in [7, 11) is 0. The molecule has 0 aliphatic carbocycles. The molecule has 106 valence electrons. The van der Waals surface area contributed by atoms with Crippen molar-refractivity contribution >= 4 is 17.4 Å². The second-order valence-corrected chi connectivity index (χ2v) is 5.58. The second kappa shape index (κ2) is 6.61. The van der Waals surface area contributed by atoms with Gasteiger partial charge in [0.2, 0.25) is 0 Å². The Morgan fingerprint density at radius 2 is 1.86 bits per heavy atom. The van der Waals surface area contributed by atoms with Crippen molar-refractivity contribution in [2.45, 2.75) is 20.3 Å². The number of carbonyl (C=O) groups is 1. The highest BCUT2D eigenvalue weighted by atomic mass is 35.5. The van der Waals surface area contributed by atoms with Crippen molar-refractivity contribution in [3.05, 3.63) is 70.7 Å². The molecule has 0 radical (unpaired) electrons. The monoisotopic (exact) mass is 296 g/mol. The molecule has 0 saturated heterocycles. The van der Waals surface area contributed by atoms with Crippen molar-refractivity contribution in [2.75, 3.05) is 0 Å². The van der Waals surface area contributed by atoms with E-state index >= 15 is 0 Å². The van der Waals surface area contributed by atoms with Crippen molar-refractivity contribution in [3.8, 4) is 11.8 Å². The molecule has 2 aromatic carbocycles. The summed E-state index contributed by atoms with van der Waals surface area (Å²) in [4.78, 5) is 12.7. The fourth-order valence-corrected chi connectivity index (χ4v) is 2.18. The predicted molar refractivity (Wildman–Crippen MR) is 87.5 cm³/mol. The molecule has 0 amide bonds. The minimum Gasteiger partial charge on any atom is -0.292 e. The average molecular weight is 297 g/mol. The van der Waals surface area contributed by atoms with Crippen LogP contribution in [0.4, 0.5) is 0 Å². The summed E-state index contributed by atoms with van der Waals surface area (Å²) >= 11 is 5.95. The van der Waals surface area contributed by atoms with Crippen molar-refractivity contribution in [2.24, 2.45) is 5.41 Å². The average Bonchev–Trinajstić information content (AvgIpc) is 2.53. The van der Waals surface area contributed by atoms with Crippen molar-refractivity contribution in [3.63, 3.8) is 0 Å².